The van der Waals surface area contributed by atoms with E-state index in [2.05, 4.69) is 99.8 Å². The van der Waals surface area contributed by atoms with Crippen LogP contribution in [0, 0.1) is 0 Å². The van der Waals surface area contributed by atoms with E-state index in [-0.39, 0.29) is 37.5 Å². The molecule has 81 heavy (non-hydrogen) atoms. The molecule has 0 aliphatic heterocycles. The van der Waals surface area contributed by atoms with Crippen molar-refractivity contribution in [3.05, 3.63) is 85.1 Å². The number of hydrogen-bond donors (Lipinski definition) is 0. The number of carbonyl (C=O) groups excluding carboxylic acids is 3. The summed E-state index contributed by atoms with van der Waals surface area (Å²) in [6, 6.07) is 0. The number of hydrogen-bond acceptors (Lipinski definition) is 6. The molecule has 0 aromatic carbocycles. The molecule has 6 heteroatoms. The molecule has 0 aliphatic rings. The van der Waals surface area contributed by atoms with Crippen LogP contribution in [0.2, 0.25) is 0 Å². The van der Waals surface area contributed by atoms with Gasteiger partial charge in [-0.1, -0.05) is 337 Å². The maximum atomic E-state index is 12.9. The quantitative estimate of drug-likeness (QED) is 0.0261. The zero-order valence-electron chi connectivity index (χ0n) is 53.8. The van der Waals surface area contributed by atoms with Gasteiger partial charge >= 0.3 is 17.9 Å². The molecule has 0 N–H and O–H groups in total. The van der Waals surface area contributed by atoms with Crippen molar-refractivity contribution < 1.29 is 28.6 Å². The van der Waals surface area contributed by atoms with Crippen LogP contribution in [0.1, 0.15) is 355 Å². The number of rotatable bonds is 64. The number of carbonyl (C=O) groups is 3. The molecule has 0 amide bonds. The molecule has 0 spiro atoms. The first kappa shape index (κ1) is 77.6. The van der Waals surface area contributed by atoms with Gasteiger partial charge < -0.3 is 14.2 Å². The Hall–Kier alpha value is -3.41. The largest absolute Gasteiger partial charge is 0.462 e. The van der Waals surface area contributed by atoms with E-state index in [1.165, 1.54) is 231 Å². The van der Waals surface area contributed by atoms with Gasteiger partial charge in [0.25, 0.3) is 0 Å². The summed E-state index contributed by atoms with van der Waals surface area (Å²) in [7, 11) is 0. The molecule has 0 aromatic rings. The molecule has 0 saturated carbocycles. The van der Waals surface area contributed by atoms with Crippen molar-refractivity contribution in [2.75, 3.05) is 13.2 Å². The highest BCUT2D eigenvalue weighted by Crippen LogP contribution is 2.18. The van der Waals surface area contributed by atoms with Crippen LogP contribution in [0.3, 0.4) is 0 Å². The third kappa shape index (κ3) is 67.3. The fourth-order valence-electron chi connectivity index (χ4n) is 10.2. The van der Waals surface area contributed by atoms with E-state index in [0.717, 1.165) is 77.0 Å². The lowest BCUT2D eigenvalue weighted by Crippen LogP contribution is -2.30. The van der Waals surface area contributed by atoms with Gasteiger partial charge in [0, 0.05) is 19.3 Å². The molecule has 468 valence electrons. The van der Waals surface area contributed by atoms with Gasteiger partial charge in [0.15, 0.2) is 6.10 Å². The molecule has 0 aliphatic carbocycles. The molecular weight excluding hydrogens is 997 g/mol. The van der Waals surface area contributed by atoms with E-state index in [9.17, 15) is 14.4 Å². The van der Waals surface area contributed by atoms with E-state index in [0.29, 0.717) is 19.3 Å². The van der Waals surface area contributed by atoms with Crippen LogP contribution >= 0.6 is 0 Å². The van der Waals surface area contributed by atoms with Crippen LogP contribution in [0.15, 0.2) is 85.1 Å². The standard InChI is InChI=1S/C75H132O6/c1-4-7-10-13-16-19-22-25-27-29-31-33-35-37-39-41-43-45-47-50-53-56-59-62-65-68-74(77)80-71-72(70-79-73(76)67-64-61-58-55-52-49-24-21-18-15-12-9-6-3)81-75(78)69-66-63-60-57-54-51-48-46-44-42-40-38-36-34-32-30-28-26-23-20-17-14-11-8-5-2/h9,12,18,21-22,25,29,31,35,37,49,52,58,61,72H,4-8,10-11,13-17,19-20,23-24,26-28,30,32-34,36,38-48,50-51,53-57,59-60,62-71H2,1-3H3/b12-9-,21-18-,25-22-,31-29-,37-35-,52-49-,61-58-. The zero-order chi connectivity index (χ0) is 58.5. The van der Waals surface area contributed by atoms with Crippen molar-refractivity contribution in [3.63, 3.8) is 0 Å². The van der Waals surface area contributed by atoms with E-state index in [1.807, 2.05) is 6.08 Å². The van der Waals surface area contributed by atoms with Gasteiger partial charge in [0.2, 0.25) is 0 Å². The topological polar surface area (TPSA) is 78.9 Å². The summed E-state index contributed by atoms with van der Waals surface area (Å²) in [5.74, 6) is -0.969. The van der Waals surface area contributed by atoms with Crippen LogP contribution in [-0.2, 0) is 28.6 Å². The van der Waals surface area contributed by atoms with Gasteiger partial charge in [0.1, 0.15) is 13.2 Å². The van der Waals surface area contributed by atoms with E-state index in [4.69, 9.17) is 14.2 Å². The summed E-state index contributed by atoms with van der Waals surface area (Å²) in [6.45, 7) is 6.50. The van der Waals surface area contributed by atoms with Crippen molar-refractivity contribution in [2.45, 2.75) is 361 Å². The van der Waals surface area contributed by atoms with Gasteiger partial charge in [-0.3, -0.25) is 14.4 Å². The van der Waals surface area contributed by atoms with Crippen LogP contribution < -0.4 is 0 Å². The first-order chi connectivity index (χ1) is 40.0. The minimum Gasteiger partial charge on any atom is -0.462 e. The maximum Gasteiger partial charge on any atom is 0.306 e. The van der Waals surface area contributed by atoms with Crippen molar-refractivity contribution in [2.24, 2.45) is 0 Å². The second-order valence-electron chi connectivity index (χ2n) is 23.4. The lowest BCUT2D eigenvalue weighted by Gasteiger charge is -2.18. The van der Waals surface area contributed by atoms with Crippen molar-refractivity contribution >= 4 is 17.9 Å². The number of esters is 3. The van der Waals surface area contributed by atoms with Gasteiger partial charge in [-0.05, 0) is 83.5 Å². The summed E-state index contributed by atoms with van der Waals surface area (Å²) in [5, 5.41) is 0. The molecule has 0 saturated heterocycles. The molecule has 1 atom stereocenters. The second-order valence-corrected chi connectivity index (χ2v) is 23.4. The van der Waals surface area contributed by atoms with Crippen LogP contribution in [0.4, 0.5) is 0 Å². The number of ether oxygens (including phenoxy) is 3. The highest BCUT2D eigenvalue weighted by Gasteiger charge is 2.19. The average molecular weight is 1130 g/mol. The Bertz CT molecular complexity index is 1530. The van der Waals surface area contributed by atoms with E-state index in [1.54, 1.807) is 0 Å². The predicted molar refractivity (Wildman–Crippen MR) is 353 cm³/mol. The average Bonchev–Trinajstić information content (AvgIpc) is 3.46. The molecule has 6 nitrogen and oxygen atoms in total. The Balaban J connectivity index is 4.30. The molecule has 0 bridgehead atoms. The first-order valence-corrected chi connectivity index (χ1v) is 35.1. The fraction of sp³-hybridized carbons (Fsp3) is 0.773. The smallest absolute Gasteiger partial charge is 0.306 e. The van der Waals surface area contributed by atoms with Crippen molar-refractivity contribution in [1.29, 1.82) is 0 Å². The highest BCUT2D eigenvalue weighted by molar-refractivity contribution is 5.71. The van der Waals surface area contributed by atoms with Crippen LogP contribution in [0.5, 0.6) is 0 Å². The minimum atomic E-state index is -0.807. The lowest BCUT2D eigenvalue weighted by atomic mass is 10.0. The van der Waals surface area contributed by atoms with Crippen molar-refractivity contribution in [3.8, 4) is 0 Å². The molecule has 0 aromatic heterocycles. The van der Waals surface area contributed by atoms with Crippen molar-refractivity contribution in [1.82, 2.24) is 0 Å². The third-order valence-corrected chi connectivity index (χ3v) is 15.4. The Labute approximate surface area is 503 Å². The Morgan fingerprint density at radius 3 is 0.827 bits per heavy atom. The maximum absolute atomic E-state index is 12.9. The summed E-state index contributed by atoms with van der Waals surface area (Å²) in [4.78, 5) is 38.4. The minimum absolute atomic E-state index is 0.0979. The van der Waals surface area contributed by atoms with Gasteiger partial charge in [-0.2, -0.15) is 0 Å². The van der Waals surface area contributed by atoms with Gasteiger partial charge in [-0.25, -0.2) is 0 Å². The molecule has 0 radical (unpaired) electrons. The fourth-order valence-corrected chi connectivity index (χ4v) is 10.2. The summed E-state index contributed by atoms with van der Waals surface area (Å²) in [5.41, 5.74) is 0. The van der Waals surface area contributed by atoms with Crippen LogP contribution in [0.25, 0.3) is 0 Å². The van der Waals surface area contributed by atoms with Gasteiger partial charge in [-0.15, -0.1) is 0 Å². The van der Waals surface area contributed by atoms with E-state index >= 15 is 0 Å². The Morgan fingerprint density at radius 1 is 0.259 bits per heavy atom. The summed E-state index contributed by atoms with van der Waals surface area (Å²) in [6.07, 6.45) is 92.1. The Morgan fingerprint density at radius 2 is 0.506 bits per heavy atom. The summed E-state index contributed by atoms with van der Waals surface area (Å²) < 4.78 is 16.9. The highest BCUT2D eigenvalue weighted by atomic mass is 16.6. The first-order valence-electron chi connectivity index (χ1n) is 35.1. The molecule has 0 rings (SSSR count). The SMILES string of the molecule is CC/C=C\C/C=C\C/C=C\C/C=C\CCC(=O)OCC(COC(=O)CCCCCCCCCCCC/C=C\C/C=C\C/C=C\CCCCCCC)OC(=O)CCCCCCCCCCCCCCCCCCCCCCCCCCC. The predicted octanol–water partition coefficient (Wildman–Crippen LogP) is 24.2. The lowest BCUT2D eigenvalue weighted by molar-refractivity contribution is -0.166. The number of unbranched alkanes of at least 4 members (excludes halogenated alkanes) is 39. The number of allylic oxidation sites excluding steroid dienone is 14. The third-order valence-electron chi connectivity index (χ3n) is 15.4. The molecule has 0 heterocycles. The molecule has 0 fully saturated rings. The second kappa shape index (κ2) is 69.1. The monoisotopic (exact) mass is 1130 g/mol. The summed E-state index contributed by atoms with van der Waals surface area (Å²) >= 11 is 0. The van der Waals surface area contributed by atoms with Gasteiger partial charge in [0.05, 0.1) is 0 Å². The normalized spacial score (nSPS) is 12.6. The zero-order valence-corrected chi connectivity index (χ0v) is 53.8. The Kier molecular flexibility index (Phi) is 66.2. The molecular formula is C75H132O6. The van der Waals surface area contributed by atoms with E-state index < -0.39 is 6.10 Å². The van der Waals surface area contributed by atoms with Crippen LogP contribution in [-0.4, -0.2) is 37.2 Å². The molecule has 1 unspecified atom stereocenters.